The lowest BCUT2D eigenvalue weighted by molar-refractivity contribution is -0.372. The normalized spacial score (nSPS) is 17.6. The van der Waals surface area contributed by atoms with E-state index >= 15 is 0 Å². The van der Waals surface area contributed by atoms with Gasteiger partial charge in [0.05, 0.1) is 10.4 Å². The Morgan fingerprint density at radius 2 is 1.42 bits per heavy atom. The number of carbonyl (C=O) groups is 1. The second kappa shape index (κ2) is 9.03. The van der Waals surface area contributed by atoms with Crippen LogP contribution in [0.4, 0.5) is 0 Å². The maximum atomic E-state index is 11.6. The van der Waals surface area contributed by atoms with Crippen LogP contribution in [0.25, 0.3) is 0 Å². The van der Waals surface area contributed by atoms with Crippen LogP contribution in [0.5, 0.6) is 0 Å². The van der Waals surface area contributed by atoms with Gasteiger partial charge in [-0.3, -0.25) is 0 Å². The number of benzene rings is 1. The summed E-state index contributed by atoms with van der Waals surface area (Å²) in [5.41, 5.74) is 5.35. The summed E-state index contributed by atoms with van der Waals surface area (Å²) in [5, 5.41) is 0. The molecule has 0 spiro atoms. The van der Waals surface area contributed by atoms with E-state index in [1.165, 1.54) is 23.8 Å². The molecule has 0 saturated carbocycles. The Labute approximate surface area is 168 Å². The Balaban J connectivity index is 2.72. The van der Waals surface area contributed by atoms with E-state index in [2.05, 4.69) is 70.8 Å². The van der Waals surface area contributed by atoms with E-state index in [0.29, 0.717) is 17.8 Å². The van der Waals surface area contributed by atoms with Crippen LogP contribution < -0.4 is 4.99 Å². The van der Waals surface area contributed by atoms with Gasteiger partial charge in [0.15, 0.2) is 0 Å². The predicted molar refractivity (Wildman–Crippen MR) is 121 cm³/mol. The highest BCUT2D eigenvalue weighted by Gasteiger charge is 2.19. The molecule has 1 aromatic carbocycles. The molecule has 1 aliphatic carbocycles. The second-order valence-electron chi connectivity index (χ2n) is 7.73. The number of amides is 1. The van der Waals surface area contributed by atoms with Crippen LogP contribution >= 0.6 is 20.7 Å². The van der Waals surface area contributed by atoms with Gasteiger partial charge < -0.3 is 0 Å². The molecule has 2 nitrogen and oxygen atoms in total. The smallest absolute Gasteiger partial charge is 0.220 e. The van der Waals surface area contributed by atoms with Crippen molar-refractivity contribution < 1.29 is 9.79 Å². The van der Waals surface area contributed by atoms with Crippen LogP contribution in [0, 0.1) is 3.57 Å². The molecule has 1 aromatic rings. The molecule has 0 atom stereocenters. The van der Waals surface area contributed by atoms with Crippen molar-refractivity contribution in [1.29, 1.82) is 0 Å². The molecule has 0 saturated heterocycles. The average molecular weight is 464 g/mol. The molecule has 2 rings (SSSR count). The number of halogens is 1. The van der Waals surface area contributed by atoms with E-state index in [1.54, 1.807) is 6.92 Å². The number of hydrogen-bond donors (Lipinski definition) is 1. The summed E-state index contributed by atoms with van der Waals surface area (Å²) in [6.45, 7) is 15.3. The predicted octanol–water partition coefficient (Wildman–Crippen LogP) is 4.56. The maximum absolute atomic E-state index is 11.6. The third kappa shape index (κ3) is 5.09. The van der Waals surface area contributed by atoms with Gasteiger partial charge in [-0.2, -0.15) is 4.99 Å². The fraction of sp³-hybridized carbons (Fsp3) is 0.435. The lowest BCUT2D eigenvalue weighted by Gasteiger charge is -2.21. The Kier molecular flexibility index (Phi) is 7.27. The SMILES string of the molecule is CC(=O)[NH+]=C1C=CC=CC1=Ic1c(C(C)C)cc(C(C)C)cc1C(C)C. The highest BCUT2D eigenvalue weighted by Crippen LogP contribution is 2.35. The van der Waals surface area contributed by atoms with Gasteiger partial charge in [-0.15, -0.1) is 0 Å². The summed E-state index contributed by atoms with van der Waals surface area (Å²) in [5.74, 6) is 1.51. The first-order valence-corrected chi connectivity index (χ1v) is 11.6. The molecule has 0 aliphatic heterocycles. The largest absolute Gasteiger partial charge is 0.382 e. The van der Waals surface area contributed by atoms with Gasteiger partial charge in [-0.1, -0.05) is 86.6 Å². The highest BCUT2D eigenvalue weighted by atomic mass is 127. The molecule has 0 aromatic heterocycles. The van der Waals surface area contributed by atoms with Crippen molar-refractivity contribution >= 4 is 35.9 Å². The molecule has 3 heteroatoms. The lowest BCUT2D eigenvalue weighted by Crippen LogP contribution is -2.77. The monoisotopic (exact) mass is 464 g/mol. The van der Waals surface area contributed by atoms with Crippen molar-refractivity contribution in [2.75, 3.05) is 0 Å². The maximum Gasteiger partial charge on any atom is 0.382 e. The van der Waals surface area contributed by atoms with Gasteiger partial charge in [0.1, 0.15) is 0 Å². The van der Waals surface area contributed by atoms with Crippen LogP contribution in [-0.4, -0.2) is 15.1 Å². The van der Waals surface area contributed by atoms with E-state index in [-0.39, 0.29) is 26.6 Å². The molecular formula is C23H31INO+. The van der Waals surface area contributed by atoms with Crippen molar-refractivity contribution in [2.45, 2.75) is 66.2 Å². The molecule has 1 N–H and O–H groups in total. The number of hydrogen-bond acceptors (Lipinski definition) is 1. The first-order chi connectivity index (χ1) is 12.2. The first-order valence-electron chi connectivity index (χ1n) is 9.39. The summed E-state index contributed by atoms with van der Waals surface area (Å²) in [7, 11) is 0. The Morgan fingerprint density at radius 1 is 0.885 bits per heavy atom. The lowest BCUT2D eigenvalue weighted by atomic mass is 9.90. The highest BCUT2D eigenvalue weighted by molar-refractivity contribution is 14.2. The zero-order valence-electron chi connectivity index (χ0n) is 17.0. The van der Waals surface area contributed by atoms with Crippen LogP contribution in [0.3, 0.4) is 0 Å². The topological polar surface area (TPSA) is 31.0 Å². The zero-order valence-corrected chi connectivity index (χ0v) is 19.1. The molecule has 1 amide bonds. The average Bonchev–Trinajstić information content (AvgIpc) is 2.55. The van der Waals surface area contributed by atoms with Gasteiger partial charge >= 0.3 is 5.91 Å². The van der Waals surface area contributed by atoms with E-state index in [0.717, 1.165) is 5.71 Å². The molecule has 0 unspecified atom stereocenters. The van der Waals surface area contributed by atoms with Crippen LogP contribution in [0.1, 0.15) is 82.9 Å². The Morgan fingerprint density at radius 3 is 1.88 bits per heavy atom. The number of nitrogens with one attached hydrogen (secondary N) is 1. The summed E-state index contributed by atoms with van der Waals surface area (Å²) in [6, 6.07) is 4.83. The molecular weight excluding hydrogens is 433 g/mol. The van der Waals surface area contributed by atoms with Gasteiger partial charge in [-0.25, -0.2) is 4.79 Å². The molecule has 26 heavy (non-hydrogen) atoms. The van der Waals surface area contributed by atoms with Crippen molar-refractivity contribution in [2.24, 2.45) is 0 Å². The number of allylic oxidation sites excluding steroid dienone is 4. The van der Waals surface area contributed by atoms with Crippen molar-refractivity contribution in [3.05, 3.63) is 56.7 Å². The minimum atomic E-state index is -0.383. The molecule has 1 aliphatic rings. The van der Waals surface area contributed by atoms with Gasteiger partial charge in [0.2, 0.25) is 5.71 Å². The Bertz CT molecular complexity index is 778. The van der Waals surface area contributed by atoms with E-state index in [4.69, 9.17) is 0 Å². The first kappa shape index (κ1) is 20.9. The number of carbonyl (C=O) groups excluding carboxylic acids is 1. The van der Waals surface area contributed by atoms with E-state index in [9.17, 15) is 4.79 Å². The standard InChI is InChI=1S/C23H30INO/c1-14(2)18-12-19(15(3)4)23(20(13-18)16(5)6)24-21-10-8-9-11-22(21)25-17(7)26/h8-16H,1-7H3/p+1. The van der Waals surface area contributed by atoms with E-state index in [1.807, 2.05) is 12.2 Å². The summed E-state index contributed by atoms with van der Waals surface area (Å²) >= 11 is -0.383. The van der Waals surface area contributed by atoms with Gasteiger partial charge in [0.25, 0.3) is 0 Å². The van der Waals surface area contributed by atoms with Crippen LogP contribution in [-0.2, 0) is 4.79 Å². The van der Waals surface area contributed by atoms with E-state index < -0.39 is 0 Å². The minimum absolute atomic E-state index is 0.00946. The summed E-state index contributed by atoms with van der Waals surface area (Å²) in [6.07, 6.45) is 8.26. The van der Waals surface area contributed by atoms with Crippen LogP contribution in [0.2, 0.25) is 0 Å². The summed E-state index contributed by atoms with van der Waals surface area (Å²) in [4.78, 5) is 14.6. The zero-order chi connectivity index (χ0) is 19.4. The third-order valence-electron chi connectivity index (χ3n) is 4.44. The molecule has 0 heterocycles. The third-order valence-corrected chi connectivity index (χ3v) is 7.75. The second-order valence-corrected chi connectivity index (χ2v) is 10.5. The summed E-state index contributed by atoms with van der Waals surface area (Å²) < 4.78 is 2.80. The van der Waals surface area contributed by atoms with Crippen molar-refractivity contribution in [3.63, 3.8) is 0 Å². The Hall–Kier alpha value is -1.36. The van der Waals surface area contributed by atoms with Crippen molar-refractivity contribution in [1.82, 2.24) is 0 Å². The molecule has 0 bridgehead atoms. The van der Waals surface area contributed by atoms with Gasteiger partial charge in [0, 0.05) is 9.65 Å². The molecule has 140 valence electrons. The number of rotatable bonds is 4. The molecule has 0 fully saturated rings. The fourth-order valence-electron chi connectivity index (χ4n) is 2.91. The van der Waals surface area contributed by atoms with Crippen LogP contribution in [0.15, 0.2) is 36.4 Å². The van der Waals surface area contributed by atoms with Crippen molar-refractivity contribution in [3.8, 4) is 0 Å². The minimum Gasteiger partial charge on any atom is -0.220 e. The van der Waals surface area contributed by atoms with Gasteiger partial charge in [-0.05, 0) is 40.5 Å². The fourth-order valence-corrected chi connectivity index (χ4v) is 6.67. The quantitative estimate of drug-likeness (QED) is 0.651. The molecule has 0 radical (unpaired) electrons.